The second-order valence-electron chi connectivity index (χ2n) is 4.22. The molecule has 1 N–H and O–H groups in total. The highest BCUT2D eigenvalue weighted by molar-refractivity contribution is 9.10. The van der Waals surface area contributed by atoms with Gasteiger partial charge in [-0.3, -0.25) is 9.78 Å². The van der Waals surface area contributed by atoms with Crippen LogP contribution in [0, 0.1) is 0 Å². The first-order valence-electron chi connectivity index (χ1n) is 6.36. The summed E-state index contributed by atoms with van der Waals surface area (Å²) in [7, 11) is 0. The lowest BCUT2D eigenvalue weighted by Gasteiger charge is -2.02. The van der Waals surface area contributed by atoms with Gasteiger partial charge in [-0.25, -0.2) is 0 Å². The first kappa shape index (κ1) is 14.5. The fraction of sp³-hybridized carbons (Fsp3) is 0.125. The predicted octanol–water partition coefficient (Wildman–Crippen LogP) is 3.22. The molecule has 3 nitrogen and oxygen atoms in total. The fourth-order valence-corrected chi connectivity index (χ4v) is 2.11. The number of aromatic nitrogens is 1. The molecule has 20 heavy (non-hydrogen) atoms. The molecule has 0 spiro atoms. The van der Waals surface area contributed by atoms with Crippen LogP contribution in [0.15, 0.2) is 59.2 Å². The van der Waals surface area contributed by atoms with Gasteiger partial charge in [-0.05, 0) is 29.8 Å². The molecule has 1 heterocycles. The van der Waals surface area contributed by atoms with Gasteiger partial charge in [0.2, 0.25) is 5.91 Å². The number of pyridine rings is 1. The van der Waals surface area contributed by atoms with Gasteiger partial charge in [-0.15, -0.1) is 0 Å². The summed E-state index contributed by atoms with van der Waals surface area (Å²) < 4.78 is 0.970. The van der Waals surface area contributed by atoms with Crippen LogP contribution < -0.4 is 5.32 Å². The van der Waals surface area contributed by atoms with Gasteiger partial charge >= 0.3 is 0 Å². The van der Waals surface area contributed by atoms with Gasteiger partial charge in [0.25, 0.3) is 0 Å². The van der Waals surface area contributed by atoms with Crippen molar-refractivity contribution >= 4 is 27.9 Å². The molecule has 1 amide bonds. The van der Waals surface area contributed by atoms with Crippen molar-refractivity contribution in [3.05, 3.63) is 70.5 Å². The van der Waals surface area contributed by atoms with Crippen molar-refractivity contribution in [1.29, 1.82) is 0 Å². The van der Waals surface area contributed by atoms with Gasteiger partial charge in [-0.2, -0.15) is 0 Å². The van der Waals surface area contributed by atoms with Crippen molar-refractivity contribution in [3.8, 4) is 0 Å². The van der Waals surface area contributed by atoms with E-state index in [4.69, 9.17) is 0 Å². The maximum Gasteiger partial charge on any atom is 0.244 e. The molecule has 0 saturated carbocycles. The lowest BCUT2D eigenvalue weighted by Crippen LogP contribution is -2.23. The summed E-state index contributed by atoms with van der Waals surface area (Å²) >= 11 is 3.44. The molecule has 102 valence electrons. The van der Waals surface area contributed by atoms with E-state index >= 15 is 0 Å². The first-order chi connectivity index (χ1) is 9.75. The number of carbonyl (C=O) groups is 1. The van der Waals surface area contributed by atoms with E-state index < -0.39 is 0 Å². The molecule has 1 aromatic carbocycles. The Bertz CT molecular complexity index is 596. The summed E-state index contributed by atoms with van der Waals surface area (Å²) in [5.74, 6) is -0.100. The number of carbonyl (C=O) groups excluding carboxylic acids is 1. The van der Waals surface area contributed by atoms with Gasteiger partial charge in [0.05, 0.1) is 0 Å². The van der Waals surface area contributed by atoms with Crippen molar-refractivity contribution in [2.45, 2.75) is 6.42 Å². The van der Waals surface area contributed by atoms with E-state index in [1.165, 1.54) is 0 Å². The Kier molecular flexibility index (Phi) is 5.50. The maximum absolute atomic E-state index is 11.7. The van der Waals surface area contributed by atoms with Gasteiger partial charge in [0.1, 0.15) is 0 Å². The van der Waals surface area contributed by atoms with Crippen LogP contribution in [-0.4, -0.2) is 17.4 Å². The van der Waals surface area contributed by atoms with Crippen molar-refractivity contribution < 1.29 is 4.79 Å². The smallest absolute Gasteiger partial charge is 0.244 e. The van der Waals surface area contributed by atoms with E-state index in [1.54, 1.807) is 18.3 Å². The molecule has 2 rings (SSSR count). The van der Waals surface area contributed by atoms with Gasteiger partial charge in [0, 0.05) is 35.4 Å². The fourth-order valence-electron chi connectivity index (χ4n) is 1.69. The molecular weight excluding hydrogens is 316 g/mol. The van der Waals surface area contributed by atoms with Crippen LogP contribution in [0.5, 0.6) is 0 Å². The zero-order chi connectivity index (χ0) is 14.2. The maximum atomic E-state index is 11.7. The number of hydrogen-bond acceptors (Lipinski definition) is 2. The van der Waals surface area contributed by atoms with Crippen molar-refractivity contribution in [2.75, 3.05) is 6.54 Å². The Hall–Kier alpha value is -1.94. The number of benzene rings is 1. The Morgan fingerprint density at radius 2 is 2.00 bits per heavy atom. The van der Waals surface area contributed by atoms with Gasteiger partial charge in [-0.1, -0.05) is 40.2 Å². The standard InChI is InChI=1S/C16H15BrN2O/c17-15-7-2-1-5-13(15)8-9-16(20)19-12-10-14-6-3-4-11-18-14/h1-9,11H,10,12H2,(H,19,20)/b9-8+. The molecular formula is C16H15BrN2O. The average Bonchev–Trinajstić information content (AvgIpc) is 2.47. The SMILES string of the molecule is O=C(/C=C/c1ccccc1Br)NCCc1ccccn1. The number of nitrogens with zero attached hydrogens (tertiary/aromatic N) is 1. The lowest BCUT2D eigenvalue weighted by molar-refractivity contribution is -0.116. The van der Waals surface area contributed by atoms with E-state index in [-0.39, 0.29) is 5.91 Å². The van der Waals surface area contributed by atoms with Crippen molar-refractivity contribution in [2.24, 2.45) is 0 Å². The lowest BCUT2D eigenvalue weighted by atomic mass is 10.2. The topological polar surface area (TPSA) is 42.0 Å². The largest absolute Gasteiger partial charge is 0.352 e. The van der Waals surface area contributed by atoms with E-state index in [0.29, 0.717) is 6.54 Å². The highest BCUT2D eigenvalue weighted by Crippen LogP contribution is 2.16. The normalized spacial score (nSPS) is 10.7. The second kappa shape index (κ2) is 7.60. The first-order valence-corrected chi connectivity index (χ1v) is 7.15. The number of amides is 1. The van der Waals surface area contributed by atoms with Crippen LogP contribution in [0.4, 0.5) is 0 Å². The minimum Gasteiger partial charge on any atom is -0.352 e. The number of halogens is 1. The summed E-state index contributed by atoms with van der Waals surface area (Å²) in [4.78, 5) is 15.9. The molecule has 0 aliphatic heterocycles. The minimum absolute atomic E-state index is 0.100. The number of hydrogen-bond donors (Lipinski definition) is 1. The third-order valence-corrected chi connectivity index (χ3v) is 3.45. The summed E-state index contributed by atoms with van der Waals surface area (Å²) in [6, 6.07) is 13.5. The van der Waals surface area contributed by atoms with Gasteiger partial charge in [0.15, 0.2) is 0 Å². The van der Waals surface area contributed by atoms with E-state index in [0.717, 1.165) is 22.2 Å². The zero-order valence-corrected chi connectivity index (χ0v) is 12.5. The monoisotopic (exact) mass is 330 g/mol. The Morgan fingerprint density at radius 3 is 2.75 bits per heavy atom. The number of nitrogens with one attached hydrogen (secondary N) is 1. The molecule has 0 aliphatic rings. The third kappa shape index (κ3) is 4.63. The predicted molar refractivity (Wildman–Crippen MR) is 84.1 cm³/mol. The zero-order valence-electron chi connectivity index (χ0n) is 10.9. The molecule has 1 aromatic heterocycles. The van der Waals surface area contributed by atoms with E-state index in [1.807, 2.05) is 42.5 Å². The molecule has 0 radical (unpaired) electrons. The average molecular weight is 331 g/mol. The summed E-state index contributed by atoms with van der Waals surface area (Å²) in [5, 5.41) is 2.84. The minimum atomic E-state index is -0.100. The summed E-state index contributed by atoms with van der Waals surface area (Å²) in [5.41, 5.74) is 1.95. The van der Waals surface area contributed by atoms with Crippen LogP contribution in [0.3, 0.4) is 0 Å². The molecule has 2 aromatic rings. The van der Waals surface area contributed by atoms with E-state index in [9.17, 15) is 4.79 Å². The van der Waals surface area contributed by atoms with Crippen LogP contribution in [0.25, 0.3) is 6.08 Å². The molecule has 4 heteroatoms. The Labute approximate surface area is 126 Å². The summed E-state index contributed by atoms with van der Waals surface area (Å²) in [6.07, 6.45) is 5.82. The molecule has 0 bridgehead atoms. The van der Waals surface area contributed by atoms with Crippen LogP contribution in [0.2, 0.25) is 0 Å². The Balaban J connectivity index is 1.80. The molecule has 0 unspecified atom stereocenters. The van der Waals surface area contributed by atoms with Crippen LogP contribution in [-0.2, 0) is 11.2 Å². The third-order valence-electron chi connectivity index (χ3n) is 2.73. The van der Waals surface area contributed by atoms with Crippen LogP contribution in [0.1, 0.15) is 11.3 Å². The van der Waals surface area contributed by atoms with Crippen molar-refractivity contribution in [1.82, 2.24) is 10.3 Å². The van der Waals surface area contributed by atoms with Gasteiger partial charge < -0.3 is 5.32 Å². The highest BCUT2D eigenvalue weighted by atomic mass is 79.9. The highest BCUT2D eigenvalue weighted by Gasteiger charge is 1.98. The molecule has 0 fully saturated rings. The quantitative estimate of drug-likeness (QED) is 0.855. The number of rotatable bonds is 5. The summed E-state index contributed by atoms with van der Waals surface area (Å²) in [6.45, 7) is 0.580. The van der Waals surface area contributed by atoms with Crippen molar-refractivity contribution in [3.63, 3.8) is 0 Å². The molecule has 0 atom stereocenters. The Morgan fingerprint density at radius 1 is 1.20 bits per heavy atom. The van der Waals surface area contributed by atoms with E-state index in [2.05, 4.69) is 26.2 Å². The molecule has 0 aliphatic carbocycles. The molecule has 0 saturated heterocycles. The van der Waals surface area contributed by atoms with Crippen LogP contribution >= 0.6 is 15.9 Å². The second-order valence-corrected chi connectivity index (χ2v) is 5.07.